The monoisotopic (exact) mass is 413 g/mol. The smallest absolute Gasteiger partial charge is 0.232 e. The van der Waals surface area contributed by atoms with Gasteiger partial charge in [-0.2, -0.15) is 0 Å². The highest BCUT2D eigenvalue weighted by Crippen LogP contribution is 2.70. The highest BCUT2D eigenvalue weighted by atomic mass is 16.2. The average Bonchev–Trinajstić information content (AvgIpc) is 3.03. The van der Waals surface area contributed by atoms with Gasteiger partial charge in [-0.05, 0) is 67.3 Å². The fraction of sp³-hybridized carbons (Fsp3) is 0.444. The molecule has 1 N–H and O–H groups in total. The predicted octanol–water partition coefficient (Wildman–Crippen LogP) is 4.93. The van der Waals surface area contributed by atoms with Crippen molar-refractivity contribution in [1.82, 2.24) is 15.3 Å². The summed E-state index contributed by atoms with van der Waals surface area (Å²) in [5.74, 6) is 0.105. The Morgan fingerprint density at radius 2 is 1.55 bits per heavy atom. The Hall–Kier alpha value is -2.75. The molecule has 1 fully saturated rings. The van der Waals surface area contributed by atoms with Crippen molar-refractivity contribution >= 4 is 16.9 Å². The minimum absolute atomic E-state index is 0.105. The molecular formula is C27H31N3O. The van der Waals surface area contributed by atoms with Gasteiger partial charge in [-0.25, -0.2) is 9.97 Å². The van der Waals surface area contributed by atoms with Crippen LogP contribution < -0.4 is 5.32 Å². The van der Waals surface area contributed by atoms with Crippen molar-refractivity contribution in [3.8, 4) is 0 Å². The molecular weight excluding hydrogens is 382 g/mol. The predicted molar refractivity (Wildman–Crippen MR) is 124 cm³/mol. The maximum Gasteiger partial charge on any atom is 0.232 e. The maximum atomic E-state index is 13.8. The molecule has 0 spiro atoms. The van der Waals surface area contributed by atoms with E-state index in [1.54, 1.807) is 0 Å². The Labute approximate surface area is 184 Å². The van der Waals surface area contributed by atoms with Crippen LogP contribution in [0.3, 0.4) is 0 Å². The summed E-state index contributed by atoms with van der Waals surface area (Å²) in [6.07, 6.45) is 2.62. The number of nitrogens with one attached hydrogen (secondary N) is 1. The molecule has 2 aliphatic rings. The van der Waals surface area contributed by atoms with Crippen molar-refractivity contribution in [2.45, 2.75) is 64.7 Å². The number of rotatable bonds is 4. The third-order valence-corrected chi connectivity index (χ3v) is 8.58. The van der Waals surface area contributed by atoms with E-state index in [-0.39, 0.29) is 16.7 Å². The van der Waals surface area contributed by atoms with Gasteiger partial charge in [-0.15, -0.1) is 0 Å². The zero-order chi connectivity index (χ0) is 22.0. The van der Waals surface area contributed by atoms with E-state index in [0.717, 1.165) is 41.7 Å². The molecule has 2 aliphatic carbocycles. The summed E-state index contributed by atoms with van der Waals surface area (Å²) in [7, 11) is 0. The van der Waals surface area contributed by atoms with Gasteiger partial charge in [-0.1, -0.05) is 51.1 Å². The molecule has 5 rings (SSSR count). The highest BCUT2D eigenvalue weighted by molar-refractivity contribution is 5.93. The molecule has 1 heterocycles. The molecule has 2 unspecified atom stereocenters. The Morgan fingerprint density at radius 3 is 2.19 bits per heavy atom. The summed E-state index contributed by atoms with van der Waals surface area (Å²) < 4.78 is 0. The van der Waals surface area contributed by atoms with Crippen LogP contribution in [0.15, 0.2) is 42.5 Å². The molecule has 4 heteroatoms. The lowest BCUT2D eigenvalue weighted by molar-refractivity contribution is -0.130. The number of amides is 1. The molecule has 1 amide bonds. The number of hydrogen-bond acceptors (Lipinski definition) is 3. The summed E-state index contributed by atoms with van der Waals surface area (Å²) in [6, 6.07) is 14.6. The van der Waals surface area contributed by atoms with E-state index in [9.17, 15) is 4.79 Å². The fourth-order valence-electron chi connectivity index (χ4n) is 5.98. The number of carbonyl (C=O) groups is 1. The van der Waals surface area contributed by atoms with Crippen LogP contribution in [0.25, 0.3) is 11.0 Å². The van der Waals surface area contributed by atoms with E-state index in [1.165, 1.54) is 16.7 Å². The molecule has 0 saturated heterocycles. The lowest BCUT2D eigenvalue weighted by Crippen LogP contribution is -2.51. The Morgan fingerprint density at radius 1 is 0.935 bits per heavy atom. The molecule has 160 valence electrons. The number of nitrogens with zero attached hydrogens (tertiary/aromatic N) is 2. The van der Waals surface area contributed by atoms with Crippen LogP contribution in [0, 0.1) is 19.3 Å². The van der Waals surface area contributed by atoms with Crippen LogP contribution in [0.1, 0.15) is 61.7 Å². The molecule has 1 aromatic heterocycles. The lowest BCUT2D eigenvalue weighted by Gasteiger charge is -2.39. The summed E-state index contributed by atoms with van der Waals surface area (Å²) in [5.41, 5.74) is 6.39. The van der Waals surface area contributed by atoms with Crippen LogP contribution in [0.4, 0.5) is 0 Å². The number of aryl methyl sites for hydroxylation is 2. The molecule has 3 aromatic rings. The first-order chi connectivity index (χ1) is 14.7. The van der Waals surface area contributed by atoms with Crippen LogP contribution in [0.2, 0.25) is 0 Å². The van der Waals surface area contributed by atoms with Crippen molar-refractivity contribution in [3.05, 3.63) is 70.5 Å². The molecule has 2 aromatic carbocycles. The second kappa shape index (κ2) is 6.62. The number of aromatic nitrogens is 2. The van der Waals surface area contributed by atoms with Gasteiger partial charge >= 0.3 is 0 Å². The molecule has 2 atom stereocenters. The first kappa shape index (κ1) is 20.2. The van der Waals surface area contributed by atoms with Gasteiger partial charge < -0.3 is 5.32 Å². The Balaban J connectivity index is 1.56. The average molecular weight is 414 g/mol. The lowest BCUT2D eigenvalue weighted by atomic mass is 9.63. The normalized spacial score (nSPS) is 25.6. The van der Waals surface area contributed by atoms with Gasteiger partial charge in [0.15, 0.2) is 0 Å². The van der Waals surface area contributed by atoms with E-state index < -0.39 is 5.41 Å². The SMILES string of the molecule is Cc1cc2nc3c(nc2cc1C)C1(C(=O)NCCc2ccccc2)CCC3(C)C1(C)C. The van der Waals surface area contributed by atoms with E-state index in [1.807, 2.05) is 18.2 Å². The van der Waals surface area contributed by atoms with Gasteiger partial charge in [0.1, 0.15) is 0 Å². The van der Waals surface area contributed by atoms with Crippen molar-refractivity contribution in [3.63, 3.8) is 0 Å². The third-order valence-electron chi connectivity index (χ3n) is 8.58. The number of carbonyl (C=O) groups excluding carboxylic acids is 1. The number of hydrogen-bond donors (Lipinski definition) is 1. The summed E-state index contributed by atoms with van der Waals surface area (Å²) in [5, 5.41) is 3.27. The van der Waals surface area contributed by atoms with E-state index in [4.69, 9.17) is 9.97 Å². The number of fused-ring (bicyclic) bond motifs is 6. The van der Waals surface area contributed by atoms with Gasteiger partial charge in [-0.3, -0.25) is 4.79 Å². The minimum Gasteiger partial charge on any atom is -0.355 e. The quantitative estimate of drug-likeness (QED) is 0.659. The van der Waals surface area contributed by atoms with Crippen LogP contribution in [-0.2, 0) is 22.0 Å². The van der Waals surface area contributed by atoms with Crippen molar-refractivity contribution in [1.29, 1.82) is 0 Å². The van der Waals surface area contributed by atoms with Gasteiger partial charge in [0.25, 0.3) is 0 Å². The number of benzene rings is 2. The fourth-order valence-corrected chi connectivity index (χ4v) is 5.98. The van der Waals surface area contributed by atoms with Crippen molar-refractivity contribution < 1.29 is 4.79 Å². The third kappa shape index (κ3) is 2.57. The first-order valence-electron chi connectivity index (χ1n) is 11.3. The second-order valence-electron chi connectivity index (χ2n) is 10.2. The van der Waals surface area contributed by atoms with Gasteiger partial charge in [0, 0.05) is 12.0 Å². The molecule has 0 radical (unpaired) electrons. The standard InChI is InChI=1S/C27H31N3O/c1-17-15-20-21(16-18(17)2)30-23-22(29-20)26(5)12-13-27(23,25(26,3)4)24(31)28-14-11-19-9-7-6-8-10-19/h6-10,15-16H,11-14H2,1-5H3,(H,28,31). The van der Waals surface area contributed by atoms with Gasteiger partial charge in [0.2, 0.25) is 5.91 Å². The van der Waals surface area contributed by atoms with Crippen LogP contribution in [-0.4, -0.2) is 22.4 Å². The molecule has 2 bridgehead atoms. The van der Waals surface area contributed by atoms with Crippen molar-refractivity contribution in [2.24, 2.45) is 5.41 Å². The summed E-state index contributed by atoms with van der Waals surface area (Å²) >= 11 is 0. The zero-order valence-corrected chi connectivity index (χ0v) is 19.2. The topological polar surface area (TPSA) is 54.9 Å². The largest absolute Gasteiger partial charge is 0.355 e. The molecule has 31 heavy (non-hydrogen) atoms. The van der Waals surface area contributed by atoms with E-state index >= 15 is 0 Å². The van der Waals surface area contributed by atoms with E-state index in [0.29, 0.717) is 6.54 Å². The zero-order valence-electron chi connectivity index (χ0n) is 19.2. The Kier molecular flexibility index (Phi) is 4.31. The van der Waals surface area contributed by atoms with E-state index in [2.05, 4.69) is 64.2 Å². The summed E-state index contributed by atoms with van der Waals surface area (Å²) in [4.78, 5) is 24.1. The molecule has 4 nitrogen and oxygen atoms in total. The molecule has 1 saturated carbocycles. The first-order valence-corrected chi connectivity index (χ1v) is 11.3. The summed E-state index contributed by atoms with van der Waals surface area (Å²) in [6.45, 7) is 11.6. The Bertz CT molecular complexity index is 1200. The van der Waals surface area contributed by atoms with Crippen LogP contribution in [0.5, 0.6) is 0 Å². The van der Waals surface area contributed by atoms with Crippen LogP contribution >= 0.6 is 0 Å². The second-order valence-corrected chi connectivity index (χ2v) is 10.2. The van der Waals surface area contributed by atoms with Gasteiger partial charge in [0.05, 0.1) is 27.8 Å². The maximum absolute atomic E-state index is 13.8. The molecule has 0 aliphatic heterocycles. The highest BCUT2D eigenvalue weighted by Gasteiger charge is 2.73. The van der Waals surface area contributed by atoms with Crippen molar-refractivity contribution in [2.75, 3.05) is 6.54 Å². The minimum atomic E-state index is -0.631.